The fourth-order valence-corrected chi connectivity index (χ4v) is 2.88. The normalized spacial score (nSPS) is 15.5. The molecule has 2 aromatic heterocycles. The molecule has 0 bridgehead atoms. The minimum absolute atomic E-state index is 0.196. The van der Waals surface area contributed by atoms with Crippen LogP contribution in [0.4, 0.5) is 5.82 Å². The third kappa shape index (κ3) is 2.58. The van der Waals surface area contributed by atoms with Crippen LogP contribution in [0.15, 0.2) is 36.4 Å². The number of ether oxygens (including phenoxy) is 1. The first-order valence-corrected chi connectivity index (χ1v) is 8.26. The summed E-state index contributed by atoms with van der Waals surface area (Å²) >= 11 is 0. The first-order chi connectivity index (χ1) is 11.7. The molecule has 1 aliphatic carbocycles. The Kier molecular flexibility index (Phi) is 3.59. The van der Waals surface area contributed by atoms with Crippen LogP contribution in [0.3, 0.4) is 0 Å². The Morgan fingerprint density at radius 2 is 1.88 bits per heavy atom. The second-order valence-corrected chi connectivity index (χ2v) is 6.35. The molecule has 1 saturated carbocycles. The lowest BCUT2D eigenvalue weighted by molar-refractivity contribution is 0.414. The molecule has 1 fully saturated rings. The van der Waals surface area contributed by atoms with Gasteiger partial charge in [0.2, 0.25) is 0 Å². The fraction of sp³-hybridized carbons (Fsp3) is 0.389. The highest BCUT2D eigenvalue weighted by atomic mass is 16.5. The molecule has 0 aliphatic heterocycles. The van der Waals surface area contributed by atoms with Crippen molar-refractivity contribution in [3.63, 3.8) is 0 Å². The van der Waals surface area contributed by atoms with E-state index in [0.29, 0.717) is 5.92 Å². The van der Waals surface area contributed by atoms with E-state index >= 15 is 0 Å². The maximum Gasteiger partial charge on any atom is 0.178 e. The molecule has 3 aromatic rings. The number of hydrogen-bond donors (Lipinski definition) is 0. The van der Waals surface area contributed by atoms with Crippen molar-refractivity contribution < 1.29 is 4.74 Å². The van der Waals surface area contributed by atoms with Crippen LogP contribution in [-0.4, -0.2) is 34.0 Å². The molecule has 24 heavy (non-hydrogen) atoms. The van der Waals surface area contributed by atoms with Crippen molar-refractivity contribution in [3.8, 4) is 5.75 Å². The summed E-state index contributed by atoms with van der Waals surface area (Å²) in [5.41, 5.74) is 2.03. The Morgan fingerprint density at radius 1 is 1.12 bits per heavy atom. The van der Waals surface area contributed by atoms with Gasteiger partial charge >= 0.3 is 0 Å². The number of fused-ring (bicyclic) bond motifs is 1. The Balaban J connectivity index is 1.63. The van der Waals surface area contributed by atoms with Gasteiger partial charge < -0.3 is 9.64 Å². The molecule has 1 unspecified atom stereocenters. The van der Waals surface area contributed by atoms with Crippen molar-refractivity contribution in [1.29, 1.82) is 0 Å². The zero-order chi connectivity index (χ0) is 16.7. The van der Waals surface area contributed by atoms with Gasteiger partial charge in [-0.1, -0.05) is 12.1 Å². The SMILES string of the molecule is COc1ccc(C(C)N(C)c2ccc3nnc(C4CC4)n3n2)cc1. The number of nitrogens with zero attached hydrogens (tertiary/aromatic N) is 5. The van der Waals surface area contributed by atoms with Crippen molar-refractivity contribution in [2.45, 2.75) is 31.7 Å². The average Bonchev–Trinajstić information content (AvgIpc) is 3.39. The summed E-state index contributed by atoms with van der Waals surface area (Å²) in [5.74, 6) is 3.28. The lowest BCUT2D eigenvalue weighted by atomic mass is 10.1. The molecule has 0 radical (unpaired) electrons. The quantitative estimate of drug-likeness (QED) is 0.721. The van der Waals surface area contributed by atoms with Crippen LogP contribution < -0.4 is 9.64 Å². The van der Waals surface area contributed by atoms with Crippen LogP contribution in [0.2, 0.25) is 0 Å². The van der Waals surface area contributed by atoms with Gasteiger partial charge in [0.25, 0.3) is 0 Å². The lowest BCUT2D eigenvalue weighted by Crippen LogP contribution is -2.23. The van der Waals surface area contributed by atoms with Crippen molar-refractivity contribution in [3.05, 3.63) is 47.8 Å². The molecule has 0 spiro atoms. The number of methoxy groups -OCH3 is 1. The van der Waals surface area contributed by atoms with Gasteiger partial charge in [-0.15, -0.1) is 15.3 Å². The zero-order valence-electron chi connectivity index (χ0n) is 14.2. The van der Waals surface area contributed by atoms with E-state index < -0.39 is 0 Å². The second-order valence-electron chi connectivity index (χ2n) is 6.35. The molecular weight excluding hydrogens is 302 g/mol. The summed E-state index contributed by atoms with van der Waals surface area (Å²) in [6.07, 6.45) is 2.37. The monoisotopic (exact) mass is 323 g/mol. The number of aromatic nitrogens is 4. The maximum absolute atomic E-state index is 5.23. The second kappa shape index (κ2) is 5.78. The van der Waals surface area contributed by atoms with Gasteiger partial charge in [-0.25, -0.2) is 0 Å². The third-order valence-electron chi connectivity index (χ3n) is 4.76. The number of hydrogen-bond acceptors (Lipinski definition) is 5. The average molecular weight is 323 g/mol. The minimum Gasteiger partial charge on any atom is -0.497 e. The molecule has 0 N–H and O–H groups in total. The molecule has 1 aromatic carbocycles. The van der Waals surface area contributed by atoms with Crippen LogP contribution >= 0.6 is 0 Å². The van der Waals surface area contributed by atoms with Crippen molar-refractivity contribution in [2.75, 3.05) is 19.1 Å². The molecule has 6 nitrogen and oxygen atoms in total. The van der Waals surface area contributed by atoms with E-state index in [2.05, 4.69) is 41.2 Å². The molecule has 1 atom stereocenters. The maximum atomic E-state index is 5.23. The fourth-order valence-electron chi connectivity index (χ4n) is 2.88. The molecule has 124 valence electrons. The summed E-state index contributed by atoms with van der Waals surface area (Å²) in [7, 11) is 3.74. The first-order valence-electron chi connectivity index (χ1n) is 8.26. The summed E-state index contributed by atoms with van der Waals surface area (Å²) in [6, 6.07) is 12.3. The van der Waals surface area contributed by atoms with Gasteiger partial charge in [0, 0.05) is 13.0 Å². The Hall–Kier alpha value is -2.63. The number of anilines is 1. The van der Waals surface area contributed by atoms with Crippen molar-refractivity contribution >= 4 is 11.5 Å². The van der Waals surface area contributed by atoms with Crippen molar-refractivity contribution in [1.82, 2.24) is 19.8 Å². The van der Waals surface area contributed by atoms with E-state index in [0.717, 1.165) is 23.0 Å². The van der Waals surface area contributed by atoms with Crippen LogP contribution in [0.25, 0.3) is 5.65 Å². The molecular formula is C18H21N5O. The van der Waals surface area contributed by atoms with Crippen LogP contribution in [0.5, 0.6) is 5.75 Å². The van der Waals surface area contributed by atoms with E-state index in [4.69, 9.17) is 9.84 Å². The summed E-state index contributed by atoms with van der Waals surface area (Å²) in [6.45, 7) is 2.17. The van der Waals surface area contributed by atoms with Crippen molar-refractivity contribution in [2.24, 2.45) is 0 Å². The van der Waals surface area contributed by atoms with E-state index in [1.807, 2.05) is 28.8 Å². The molecule has 6 heteroatoms. The predicted molar refractivity (Wildman–Crippen MR) is 92.6 cm³/mol. The Bertz CT molecular complexity index is 853. The van der Waals surface area contributed by atoms with Gasteiger partial charge in [-0.2, -0.15) is 4.52 Å². The Labute approximate surface area is 141 Å². The summed E-state index contributed by atoms with van der Waals surface area (Å²) in [4.78, 5) is 2.16. The first kappa shape index (κ1) is 14.9. The number of rotatable bonds is 5. The van der Waals surface area contributed by atoms with Crippen LogP contribution in [-0.2, 0) is 0 Å². The van der Waals surface area contributed by atoms with E-state index in [1.165, 1.54) is 18.4 Å². The summed E-state index contributed by atoms with van der Waals surface area (Å²) in [5, 5.41) is 13.3. The lowest BCUT2D eigenvalue weighted by Gasteiger charge is -2.26. The molecule has 0 amide bonds. The van der Waals surface area contributed by atoms with Gasteiger partial charge in [0.05, 0.1) is 13.2 Å². The van der Waals surface area contributed by atoms with Crippen LogP contribution in [0, 0.1) is 0 Å². The standard InChI is InChI=1S/C18H21N5O/c1-12(13-6-8-15(24-3)9-7-13)22(2)17-11-10-16-19-20-18(14-4-5-14)23(16)21-17/h6-12,14H,4-5H2,1-3H3. The van der Waals surface area contributed by atoms with E-state index in [1.54, 1.807) is 7.11 Å². The molecule has 1 aliphatic rings. The van der Waals surface area contributed by atoms with Gasteiger partial charge in [-0.05, 0) is 49.6 Å². The predicted octanol–water partition coefficient (Wildman–Crippen LogP) is 3.21. The third-order valence-corrected chi connectivity index (χ3v) is 4.76. The molecule has 4 rings (SSSR count). The van der Waals surface area contributed by atoms with Gasteiger partial charge in [-0.3, -0.25) is 0 Å². The topological polar surface area (TPSA) is 55.5 Å². The van der Waals surface area contributed by atoms with Gasteiger partial charge in [0.1, 0.15) is 11.6 Å². The highest BCUT2D eigenvalue weighted by molar-refractivity contribution is 5.47. The van der Waals surface area contributed by atoms with E-state index in [-0.39, 0.29) is 6.04 Å². The Morgan fingerprint density at radius 3 is 2.54 bits per heavy atom. The summed E-state index contributed by atoms with van der Waals surface area (Å²) < 4.78 is 7.12. The number of benzene rings is 1. The molecule has 2 heterocycles. The molecule has 0 saturated heterocycles. The largest absolute Gasteiger partial charge is 0.497 e. The minimum atomic E-state index is 0.196. The van der Waals surface area contributed by atoms with Gasteiger partial charge in [0.15, 0.2) is 11.5 Å². The smallest absolute Gasteiger partial charge is 0.178 e. The zero-order valence-corrected chi connectivity index (χ0v) is 14.2. The highest BCUT2D eigenvalue weighted by Gasteiger charge is 2.29. The highest BCUT2D eigenvalue weighted by Crippen LogP contribution is 2.38. The van der Waals surface area contributed by atoms with E-state index in [9.17, 15) is 0 Å². The van der Waals surface area contributed by atoms with Crippen LogP contribution in [0.1, 0.15) is 43.1 Å².